The Bertz CT molecular complexity index is 474. The SMILES string of the molecule is [O-][n+]1cc(OCc2ccccc2)ccc1Cl. The van der Waals surface area contributed by atoms with Crippen LogP contribution in [0, 0.1) is 5.21 Å². The van der Waals surface area contributed by atoms with Gasteiger partial charge in [0.25, 0.3) is 5.15 Å². The van der Waals surface area contributed by atoms with Crippen LogP contribution in [0.15, 0.2) is 48.7 Å². The second-order valence-corrected chi connectivity index (χ2v) is 3.67. The molecule has 82 valence electrons. The van der Waals surface area contributed by atoms with Crippen molar-refractivity contribution in [2.45, 2.75) is 6.61 Å². The molecule has 16 heavy (non-hydrogen) atoms. The minimum absolute atomic E-state index is 0.132. The smallest absolute Gasteiger partial charge is 0.286 e. The number of halogens is 1. The Labute approximate surface area is 98.4 Å². The van der Waals surface area contributed by atoms with Gasteiger partial charge in [0.05, 0.1) is 0 Å². The van der Waals surface area contributed by atoms with Crippen molar-refractivity contribution in [1.29, 1.82) is 0 Å². The van der Waals surface area contributed by atoms with Crippen LogP contribution in [-0.4, -0.2) is 0 Å². The lowest BCUT2D eigenvalue weighted by atomic mass is 10.2. The Morgan fingerprint density at radius 3 is 2.56 bits per heavy atom. The zero-order valence-electron chi connectivity index (χ0n) is 8.47. The van der Waals surface area contributed by atoms with E-state index in [1.165, 1.54) is 12.3 Å². The maximum absolute atomic E-state index is 11.2. The zero-order chi connectivity index (χ0) is 11.4. The summed E-state index contributed by atoms with van der Waals surface area (Å²) in [5, 5.41) is 11.3. The van der Waals surface area contributed by atoms with Crippen molar-refractivity contribution in [2.75, 3.05) is 0 Å². The van der Waals surface area contributed by atoms with Gasteiger partial charge in [0.2, 0.25) is 6.20 Å². The first-order valence-corrected chi connectivity index (χ1v) is 5.19. The van der Waals surface area contributed by atoms with E-state index in [1.807, 2.05) is 30.3 Å². The second kappa shape index (κ2) is 4.86. The molecule has 0 radical (unpaired) electrons. The minimum Gasteiger partial charge on any atom is -0.618 e. The molecule has 0 saturated heterocycles. The van der Waals surface area contributed by atoms with E-state index >= 15 is 0 Å². The highest BCUT2D eigenvalue weighted by atomic mass is 35.5. The number of nitrogens with zero attached hydrogens (tertiary/aromatic N) is 1. The minimum atomic E-state index is 0.132. The summed E-state index contributed by atoms with van der Waals surface area (Å²) in [5.41, 5.74) is 1.05. The number of aromatic nitrogens is 1. The first kappa shape index (κ1) is 10.8. The molecule has 0 atom stereocenters. The van der Waals surface area contributed by atoms with E-state index in [1.54, 1.807) is 6.07 Å². The molecule has 3 nitrogen and oxygen atoms in total. The van der Waals surface area contributed by atoms with E-state index in [4.69, 9.17) is 16.3 Å². The van der Waals surface area contributed by atoms with Gasteiger partial charge in [0.1, 0.15) is 6.61 Å². The summed E-state index contributed by atoms with van der Waals surface area (Å²) in [6.45, 7) is 0.433. The molecule has 0 N–H and O–H groups in total. The third kappa shape index (κ3) is 2.64. The first-order valence-electron chi connectivity index (χ1n) is 4.81. The zero-order valence-corrected chi connectivity index (χ0v) is 9.22. The van der Waals surface area contributed by atoms with Gasteiger partial charge in [-0.05, 0) is 23.2 Å². The van der Waals surface area contributed by atoms with Crippen molar-refractivity contribution >= 4 is 11.6 Å². The van der Waals surface area contributed by atoms with Crippen molar-refractivity contribution < 1.29 is 9.47 Å². The van der Waals surface area contributed by atoms with E-state index in [0.717, 1.165) is 5.56 Å². The van der Waals surface area contributed by atoms with E-state index in [2.05, 4.69) is 0 Å². The van der Waals surface area contributed by atoms with Crippen LogP contribution in [0.2, 0.25) is 5.15 Å². The molecule has 0 aliphatic carbocycles. The van der Waals surface area contributed by atoms with Gasteiger partial charge >= 0.3 is 0 Å². The molecule has 1 aromatic carbocycles. The Morgan fingerprint density at radius 2 is 1.88 bits per heavy atom. The normalized spacial score (nSPS) is 10.1. The summed E-state index contributed by atoms with van der Waals surface area (Å²) in [5.74, 6) is 0.503. The molecule has 1 aromatic heterocycles. The van der Waals surface area contributed by atoms with Crippen LogP contribution >= 0.6 is 11.6 Å². The molecule has 0 saturated carbocycles. The Kier molecular flexibility index (Phi) is 3.27. The summed E-state index contributed by atoms with van der Waals surface area (Å²) in [6, 6.07) is 12.9. The molecule has 4 heteroatoms. The van der Waals surface area contributed by atoms with Crippen LogP contribution in [0.4, 0.5) is 0 Å². The third-order valence-electron chi connectivity index (χ3n) is 2.09. The number of pyridine rings is 1. The van der Waals surface area contributed by atoms with Crippen LogP contribution in [-0.2, 0) is 6.61 Å². The van der Waals surface area contributed by atoms with Gasteiger partial charge in [0.15, 0.2) is 5.75 Å². The van der Waals surface area contributed by atoms with Gasteiger partial charge in [-0.25, -0.2) is 0 Å². The standard InChI is InChI=1S/C12H10ClNO2/c13-12-7-6-11(8-14(12)15)16-9-10-4-2-1-3-5-10/h1-8H,9H2. The molecule has 0 bridgehead atoms. The van der Waals surface area contributed by atoms with Gasteiger partial charge in [-0.1, -0.05) is 30.3 Å². The maximum atomic E-state index is 11.2. The Balaban J connectivity index is 2.03. The number of hydrogen-bond donors (Lipinski definition) is 0. The fourth-order valence-corrected chi connectivity index (χ4v) is 1.38. The molecule has 0 aliphatic rings. The molecule has 0 amide bonds. The van der Waals surface area contributed by atoms with Gasteiger partial charge in [0, 0.05) is 6.07 Å². The highest BCUT2D eigenvalue weighted by molar-refractivity contribution is 6.28. The number of ether oxygens (including phenoxy) is 1. The fourth-order valence-electron chi connectivity index (χ4n) is 1.27. The summed E-state index contributed by atoms with van der Waals surface area (Å²) >= 11 is 5.59. The van der Waals surface area contributed by atoms with Crippen LogP contribution < -0.4 is 9.47 Å². The third-order valence-corrected chi connectivity index (χ3v) is 2.38. The predicted octanol–water partition coefficient (Wildman–Crippen LogP) is 2.55. The van der Waals surface area contributed by atoms with Crippen LogP contribution in [0.5, 0.6) is 5.75 Å². The molecular weight excluding hydrogens is 226 g/mol. The van der Waals surface area contributed by atoms with Crippen molar-refractivity contribution in [3.05, 3.63) is 64.6 Å². The second-order valence-electron chi connectivity index (χ2n) is 3.29. The van der Waals surface area contributed by atoms with E-state index in [9.17, 15) is 5.21 Å². The molecule has 0 aliphatic heterocycles. The summed E-state index contributed by atoms with van der Waals surface area (Å²) in [6.07, 6.45) is 1.31. The van der Waals surface area contributed by atoms with Crippen LogP contribution in [0.25, 0.3) is 0 Å². The average molecular weight is 236 g/mol. The molecule has 2 aromatic rings. The van der Waals surface area contributed by atoms with Gasteiger partial charge in [-0.15, -0.1) is 0 Å². The maximum Gasteiger partial charge on any atom is 0.286 e. The quantitative estimate of drug-likeness (QED) is 0.466. The van der Waals surface area contributed by atoms with E-state index in [-0.39, 0.29) is 5.15 Å². The monoisotopic (exact) mass is 235 g/mol. The van der Waals surface area contributed by atoms with Gasteiger partial charge in [-0.3, -0.25) is 0 Å². The van der Waals surface area contributed by atoms with Gasteiger partial charge in [-0.2, -0.15) is 4.73 Å². The van der Waals surface area contributed by atoms with Crippen molar-refractivity contribution in [2.24, 2.45) is 0 Å². The summed E-state index contributed by atoms with van der Waals surface area (Å²) in [4.78, 5) is 0. The topological polar surface area (TPSA) is 36.2 Å². The molecular formula is C12H10ClNO2. The van der Waals surface area contributed by atoms with Crippen molar-refractivity contribution in [3.63, 3.8) is 0 Å². The fraction of sp³-hybridized carbons (Fsp3) is 0.0833. The highest BCUT2D eigenvalue weighted by Crippen LogP contribution is 2.12. The number of benzene rings is 1. The number of hydrogen-bond acceptors (Lipinski definition) is 2. The number of rotatable bonds is 3. The van der Waals surface area contributed by atoms with Crippen LogP contribution in [0.3, 0.4) is 0 Å². The summed E-state index contributed by atoms with van der Waals surface area (Å²) in [7, 11) is 0. The van der Waals surface area contributed by atoms with Crippen molar-refractivity contribution in [1.82, 2.24) is 0 Å². The molecule has 1 heterocycles. The largest absolute Gasteiger partial charge is 0.618 e. The van der Waals surface area contributed by atoms with E-state index < -0.39 is 0 Å². The van der Waals surface area contributed by atoms with Crippen molar-refractivity contribution in [3.8, 4) is 5.75 Å². The van der Waals surface area contributed by atoms with Gasteiger partial charge < -0.3 is 9.94 Å². The Hall–Kier alpha value is -1.74. The average Bonchev–Trinajstić information content (AvgIpc) is 2.32. The highest BCUT2D eigenvalue weighted by Gasteiger charge is 2.04. The molecule has 0 spiro atoms. The summed E-state index contributed by atoms with van der Waals surface area (Å²) < 4.78 is 6.02. The molecule has 0 fully saturated rings. The lowest BCUT2D eigenvalue weighted by Gasteiger charge is -2.06. The predicted molar refractivity (Wildman–Crippen MR) is 61.2 cm³/mol. The Morgan fingerprint density at radius 1 is 1.12 bits per heavy atom. The van der Waals surface area contributed by atoms with Crippen LogP contribution in [0.1, 0.15) is 5.56 Å². The lowest BCUT2D eigenvalue weighted by Crippen LogP contribution is -2.26. The lowest BCUT2D eigenvalue weighted by molar-refractivity contribution is -0.603. The van der Waals surface area contributed by atoms with E-state index in [0.29, 0.717) is 17.1 Å². The first-order chi connectivity index (χ1) is 7.75. The molecule has 0 unspecified atom stereocenters. The molecule has 2 rings (SSSR count).